The van der Waals surface area contributed by atoms with E-state index in [0.717, 1.165) is 5.56 Å². The first kappa shape index (κ1) is 22.7. The maximum absolute atomic E-state index is 13.8. The van der Waals surface area contributed by atoms with Crippen LogP contribution < -0.4 is 10.2 Å². The number of benzene rings is 3. The van der Waals surface area contributed by atoms with E-state index in [-0.39, 0.29) is 27.6 Å². The number of hydrogen-bond donors (Lipinski definition) is 0. The Morgan fingerprint density at radius 2 is 1.73 bits per heavy atom. The first-order chi connectivity index (χ1) is 15.7. The van der Waals surface area contributed by atoms with Crippen LogP contribution in [0.15, 0.2) is 87.5 Å². The van der Waals surface area contributed by atoms with Crippen molar-refractivity contribution >= 4 is 20.7 Å². The quantitative estimate of drug-likeness (QED) is 0.395. The van der Waals surface area contributed by atoms with E-state index in [4.69, 9.17) is 4.74 Å². The van der Waals surface area contributed by atoms with Crippen LogP contribution in [0.1, 0.15) is 30.9 Å². The molecule has 0 aliphatic heterocycles. The first-order valence-corrected chi connectivity index (χ1v) is 12.0. The van der Waals surface area contributed by atoms with Gasteiger partial charge in [0, 0.05) is 12.7 Å². The van der Waals surface area contributed by atoms with Crippen LogP contribution >= 0.6 is 0 Å². The number of halogens is 1. The highest BCUT2D eigenvalue weighted by Gasteiger charge is 2.24. The predicted octanol–water partition coefficient (Wildman–Crippen LogP) is 5.15. The van der Waals surface area contributed by atoms with Crippen LogP contribution in [0.25, 0.3) is 10.9 Å². The normalized spacial score (nSPS) is 11.8. The molecule has 0 bridgehead atoms. The van der Waals surface area contributed by atoms with Gasteiger partial charge < -0.3 is 9.30 Å². The molecule has 33 heavy (non-hydrogen) atoms. The van der Waals surface area contributed by atoms with Gasteiger partial charge in [0.15, 0.2) is 0 Å². The predicted molar refractivity (Wildman–Crippen MR) is 126 cm³/mol. The summed E-state index contributed by atoms with van der Waals surface area (Å²) in [5.41, 5.74) is 1.56. The molecule has 0 saturated heterocycles. The van der Waals surface area contributed by atoms with Crippen LogP contribution in [0, 0.1) is 5.82 Å². The van der Waals surface area contributed by atoms with Gasteiger partial charge in [0.25, 0.3) is 0 Å². The van der Waals surface area contributed by atoms with Crippen molar-refractivity contribution in [1.82, 2.24) is 4.57 Å². The summed E-state index contributed by atoms with van der Waals surface area (Å²) in [4.78, 5) is 13.1. The standard InChI is InChI=1S/C26H24FNO4S/c1-17(2)19-7-10-22(11-8-19)33(30,31)25-16-28(15-18-5-4-6-20(27)13-18)24-12-9-21(32-3)14-23(24)26(25)29/h4-14,16-17H,15H2,1-3H3. The van der Waals surface area contributed by atoms with E-state index in [9.17, 15) is 17.6 Å². The van der Waals surface area contributed by atoms with Gasteiger partial charge in [0.2, 0.25) is 15.3 Å². The molecular weight excluding hydrogens is 441 g/mol. The minimum Gasteiger partial charge on any atom is -0.497 e. The summed E-state index contributed by atoms with van der Waals surface area (Å²) in [5.74, 6) is 0.295. The van der Waals surface area contributed by atoms with E-state index >= 15 is 0 Å². The molecular formula is C26H24FNO4S. The summed E-state index contributed by atoms with van der Waals surface area (Å²) in [5, 5.41) is 0.214. The fraction of sp³-hybridized carbons (Fsp3) is 0.192. The molecule has 0 N–H and O–H groups in total. The average Bonchev–Trinajstić information content (AvgIpc) is 2.80. The largest absolute Gasteiger partial charge is 0.497 e. The van der Waals surface area contributed by atoms with E-state index < -0.39 is 21.1 Å². The van der Waals surface area contributed by atoms with Gasteiger partial charge in [-0.1, -0.05) is 38.1 Å². The molecule has 7 heteroatoms. The van der Waals surface area contributed by atoms with E-state index in [1.54, 1.807) is 41.0 Å². The molecule has 4 aromatic rings. The molecule has 1 aromatic heterocycles. The second-order valence-electron chi connectivity index (χ2n) is 8.19. The minimum atomic E-state index is -4.09. The Hall–Kier alpha value is -3.45. The Morgan fingerprint density at radius 1 is 1.00 bits per heavy atom. The number of ether oxygens (including phenoxy) is 1. The van der Waals surface area contributed by atoms with Crippen LogP contribution in [0.4, 0.5) is 4.39 Å². The van der Waals surface area contributed by atoms with Crippen molar-refractivity contribution in [3.05, 3.63) is 100 Å². The Labute approximate surface area is 192 Å². The zero-order chi connectivity index (χ0) is 23.8. The van der Waals surface area contributed by atoms with Crippen LogP contribution in [-0.2, 0) is 16.4 Å². The number of hydrogen-bond acceptors (Lipinski definition) is 4. The third kappa shape index (κ3) is 4.41. The van der Waals surface area contributed by atoms with Crippen molar-refractivity contribution < 1.29 is 17.5 Å². The third-order valence-electron chi connectivity index (χ3n) is 5.64. The average molecular weight is 466 g/mol. The topological polar surface area (TPSA) is 65.4 Å². The summed E-state index contributed by atoms with van der Waals surface area (Å²) in [6.45, 7) is 4.23. The fourth-order valence-corrected chi connectivity index (χ4v) is 5.16. The fourth-order valence-electron chi connectivity index (χ4n) is 3.79. The van der Waals surface area contributed by atoms with Crippen molar-refractivity contribution in [3.63, 3.8) is 0 Å². The zero-order valence-electron chi connectivity index (χ0n) is 18.6. The number of sulfone groups is 1. The molecule has 5 nitrogen and oxygen atoms in total. The van der Waals surface area contributed by atoms with Crippen molar-refractivity contribution in [2.45, 2.75) is 36.1 Å². The van der Waals surface area contributed by atoms with Crippen molar-refractivity contribution in [3.8, 4) is 5.75 Å². The molecule has 0 spiro atoms. The molecule has 4 rings (SSSR count). The maximum Gasteiger partial charge on any atom is 0.211 e. The van der Waals surface area contributed by atoms with Gasteiger partial charge in [-0.3, -0.25) is 4.79 Å². The van der Waals surface area contributed by atoms with Gasteiger partial charge in [-0.05, 0) is 59.5 Å². The third-order valence-corrected chi connectivity index (χ3v) is 7.41. The lowest BCUT2D eigenvalue weighted by molar-refractivity contribution is 0.415. The Balaban J connectivity index is 1.93. The monoisotopic (exact) mass is 465 g/mol. The molecule has 0 saturated carbocycles. The summed E-state index contributed by atoms with van der Waals surface area (Å²) >= 11 is 0. The molecule has 0 atom stereocenters. The van der Waals surface area contributed by atoms with Gasteiger partial charge in [0.1, 0.15) is 16.5 Å². The second-order valence-corrected chi connectivity index (χ2v) is 10.1. The SMILES string of the molecule is COc1ccc2c(c1)c(=O)c(S(=O)(=O)c1ccc(C(C)C)cc1)cn2Cc1cccc(F)c1. The molecule has 3 aromatic carbocycles. The molecule has 0 fully saturated rings. The molecule has 1 heterocycles. The summed E-state index contributed by atoms with van der Waals surface area (Å²) in [6, 6.07) is 17.5. The summed E-state index contributed by atoms with van der Waals surface area (Å²) < 4.78 is 47.6. The Morgan fingerprint density at radius 3 is 2.36 bits per heavy atom. The summed E-state index contributed by atoms with van der Waals surface area (Å²) in [7, 11) is -2.62. The Bertz CT molecular complexity index is 1490. The molecule has 170 valence electrons. The molecule has 0 amide bonds. The highest BCUT2D eigenvalue weighted by Crippen LogP contribution is 2.26. The van der Waals surface area contributed by atoms with Crippen molar-refractivity contribution in [1.29, 1.82) is 0 Å². The lowest BCUT2D eigenvalue weighted by Crippen LogP contribution is -2.20. The van der Waals surface area contributed by atoms with E-state index in [1.807, 2.05) is 13.8 Å². The first-order valence-electron chi connectivity index (χ1n) is 10.5. The molecule has 0 unspecified atom stereocenters. The van der Waals surface area contributed by atoms with Gasteiger partial charge >= 0.3 is 0 Å². The van der Waals surface area contributed by atoms with Gasteiger partial charge in [-0.2, -0.15) is 0 Å². The number of rotatable bonds is 6. The molecule has 0 aliphatic rings. The molecule has 0 radical (unpaired) electrons. The smallest absolute Gasteiger partial charge is 0.211 e. The van der Waals surface area contributed by atoms with Gasteiger partial charge in [0.05, 0.1) is 22.9 Å². The second kappa shape index (κ2) is 8.83. The van der Waals surface area contributed by atoms with E-state index in [2.05, 4.69) is 0 Å². The van der Waals surface area contributed by atoms with Gasteiger partial charge in [-0.25, -0.2) is 12.8 Å². The molecule has 0 aliphatic carbocycles. The number of fused-ring (bicyclic) bond motifs is 1. The highest BCUT2D eigenvalue weighted by atomic mass is 32.2. The van der Waals surface area contributed by atoms with Crippen LogP contribution in [0.3, 0.4) is 0 Å². The lowest BCUT2D eigenvalue weighted by Gasteiger charge is -2.15. The van der Waals surface area contributed by atoms with Crippen LogP contribution in [-0.4, -0.2) is 20.1 Å². The number of pyridine rings is 1. The number of aromatic nitrogens is 1. The minimum absolute atomic E-state index is 0.0450. The van der Waals surface area contributed by atoms with E-state index in [1.165, 1.54) is 43.6 Å². The summed E-state index contributed by atoms with van der Waals surface area (Å²) in [6.07, 6.45) is 1.34. The lowest BCUT2D eigenvalue weighted by atomic mass is 10.0. The number of methoxy groups -OCH3 is 1. The highest BCUT2D eigenvalue weighted by molar-refractivity contribution is 7.91. The van der Waals surface area contributed by atoms with E-state index in [0.29, 0.717) is 16.8 Å². The van der Waals surface area contributed by atoms with Crippen molar-refractivity contribution in [2.75, 3.05) is 7.11 Å². The number of nitrogens with zero attached hydrogens (tertiary/aromatic N) is 1. The van der Waals surface area contributed by atoms with Gasteiger partial charge in [-0.15, -0.1) is 0 Å². The van der Waals surface area contributed by atoms with Crippen LogP contribution in [0.2, 0.25) is 0 Å². The van der Waals surface area contributed by atoms with Crippen molar-refractivity contribution in [2.24, 2.45) is 0 Å². The maximum atomic E-state index is 13.8. The Kier molecular flexibility index (Phi) is 6.08. The zero-order valence-corrected chi connectivity index (χ0v) is 19.4. The van der Waals surface area contributed by atoms with Crippen LogP contribution in [0.5, 0.6) is 5.75 Å².